The highest BCUT2D eigenvalue weighted by atomic mass is 19.1. The van der Waals surface area contributed by atoms with Crippen LogP contribution in [0.3, 0.4) is 0 Å². The number of nitrogens with one attached hydrogen (secondary N) is 1. The molecule has 2 amide bonds. The highest BCUT2D eigenvalue weighted by molar-refractivity contribution is 5.96. The lowest BCUT2D eigenvalue weighted by Crippen LogP contribution is -2.46. The highest BCUT2D eigenvalue weighted by Crippen LogP contribution is 2.29. The summed E-state index contributed by atoms with van der Waals surface area (Å²) in [5, 5.41) is 6.87. The number of primary amides is 1. The molecule has 0 aliphatic carbocycles. The maximum Gasteiger partial charge on any atom is 0.248 e. The molecule has 0 bridgehead atoms. The van der Waals surface area contributed by atoms with Gasteiger partial charge in [-0.05, 0) is 62.7 Å². The van der Waals surface area contributed by atoms with Crippen molar-refractivity contribution in [1.29, 1.82) is 0 Å². The van der Waals surface area contributed by atoms with Crippen LogP contribution in [-0.4, -0.2) is 46.0 Å². The smallest absolute Gasteiger partial charge is 0.248 e. The minimum absolute atomic E-state index is 0.0105. The number of aromatic nitrogens is 2. The van der Waals surface area contributed by atoms with E-state index in [2.05, 4.69) is 20.4 Å². The fourth-order valence-corrected chi connectivity index (χ4v) is 3.84. The average molecular weight is 437 g/mol. The van der Waals surface area contributed by atoms with Gasteiger partial charge < -0.3 is 15.6 Å². The van der Waals surface area contributed by atoms with Gasteiger partial charge in [0.25, 0.3) is 0 Å². The molecule has 1 saturated heterocycles. The second kappa shape index (κ2) is 9.27. The van der Waals surface area contributed by atoms with Gasteiger partial charge in [0.2, 0.25) is 23.5 Å². The van der Waals surface area contributed by atoms with E-state index in [0.717, 1.165) is 19.4 Å². The molecule has 0 radical (unpaired) electrons. The molecule has 2 unspecified atom stereocenters. The quantitative estimate of drug-likeness (QED) is 0.612. The fourth-order valence-electron chi connectivity index (χ4n) is 3.84. The summed E-state index contributed by atoms with van der Waals surface area (Å²) < 4.78 is 19.0. The normalized spacial score (nSPS) is 17.6. The van der Waals surface area contributed by atoms with Gasteiger partial charge >= 0.3 is 0 Å². The molecule has 1 aliphatic heterocycles. The van der Waals surface area contributed by atoms with E-state index in [1.807, 2.05) is 6.92 Å². The summed E-state index contributed by atoms with van der Waals surface area (Å²) in [6, 6.07) is 12.1. The van der Waals surface area contributed by atoms with Gasteiger partial charge in [0.1, 0.15) is 5.82 Å². The monoisotopic (exact) mass is 437 g/mol. The minimum atomic E-state index is -0.516. The fraction of sp³-hybridized carbons (Fsp3) is 0.304. The van der Waals surface area contributed by atoms with Crippen molar-refractivity contribution in [2.45, 2.75) is 31.7 Å². The summed E-state index contributed by atoms with van der Waals surface area (Å²) in [4.78, 5) is 30.5. The molecule has 1 aromatic heterocycles. The summed E-state index contributed by atoms with van der Waals surface area (Å²) in [5.41, 5.74) is 6.78. The van der Waals surface area contributed by atoms with Gasteiger partial charge in [0.15, 0.2) is 0 Å². The number of hydrogen-bond acceptors (Lipinski definition) is 6. The number of likely N-dealkylation sites (tertiary alicyclic amines) is 1. The SMILES string of the molecule is CC(C(=O)Nc1ccc(C(N)=O)cc1)N1CCCC(c2nc(-c3cccc(F)c3)no2)C1. The molecule has 2 atom stereocenters. The Morgan fingerprint density at radius 1 is 1.25 bits per heavy atom. The van der Waals surface area contributed by atoms with Crippen LogP contribution in [0, 0.1) is 5.82 Å². The van der Waals surface area contributed by atoms with E-state index in [1.54, 1.807) is 36.4 Å². The van der Waals surface area contributed by atoms with Gasteiger partial charge in [-0.3, -0.25) is 14.5 Å². The highest BCUT2D eigenvalue weighted by Gasteiger charge is 2.31. The number of rotatable bonds is 6. The Balaban J connectivity index is 1.40. The number of nitrogens with zero attached hydrogens (tertiary/aromatic N) is 3. The molecular formula is C23H24FN5O3. The number of carbonyl (C=O) groups is 2. The molecule has 4 rings (SSSR count). The maximum atomic E-state index is 13.5. The molecular weight excluding hydrogens is 413 g/mol. The van der Waals surface area contributed by atoms with Crippen LogP contribution in [0.25, 0.3) is 11.4 Å². The number of halogens is 1. The Morgan fingerprint density at radius 2 is 2.03 bits per heavy atom. The molecule has 0 spiro atoms. The molecule has 3 N–H and O–H groups in total. The number of hydrogen-bond donors (Lipinski definition) is 2. The molecule has 2 heterocycles. The number of benzene rings is 2. The number of anilines is 1. The van der Waals surface area contributed by atoms with Gasteiger partial charge in [-0.15, -0.1) is 0 Å². The van der Waals surface area contributed by atoms with Crippen LogP contribution >= 0.6 is 0 Å². The molecule has 3 aromatic rings. The van der Waals surface area contributed by atoms with Crippen LogP contribution in [0.2, 0.25) is 0 Å². The first-order valence-corrected chi connectivity index (χ1v) is 10.4. The van der Waals surface area contributed by atoms with E-state index in [0.29, 0.717) is 35.1 Å². The Hall–Kier alpha value is -3.59. The maximum absolute atomic E-state index is 13.5. The van der Waals surface area contributed by atoms with Crippen molar-refractivity contribution in [1.82, 2.24) is 15.0 Å². The van der Waals surface area contributed by atoms with Crippen molar-refractivity contribution >= 4 is 17.5 Å². The molecule has 8 nitrogen and oxygen atoms in total. The van der Waals surface area contributed by atoms with Gasteiger partial charge in [0.05, 0.1) is 12.0 Å². The van der Waals surface area contributed by atoms with E-state index in [9.17, 15) is 14.0 Å². The first-order chi connectivity index (χ1) is 15.4. The van der Waals surface area contributed by atoms with Crippen molar-refractivity contribution < 1.29 is 18.5 Å². The van der Waals surface area contributed by atoms with Crippen molar-refractivity contribution in [2.75, 3.05) is 18.4 Å². The standard InChI is InChI=1S/C23H24FN5O3/c1-14(22(31)26-19-9-7-15(8-10-19)20(25)30)29-11-3-5-17(13-29)23-27-21(28-32-23)16-4-2-6-18(24)12-16/h2,4,6-10,12,14,17H,3,5,11,13H2,1H3,(H2,25,30)(H,26,31). The van der Waals surface area contributed by atoms with Crippen LogP contribution in [0.4, 0.5) is 10.1 Å². The van der Waals surface area contributed by atoms with E-state index >= 15 is 0 Å². The van der Waals surface area contributed by atoms with Crippen molar-refractivity contribution in [3.05, 3.63) is 65.8 Å². The van der Waals surface area contributed by atoms with Gasteiger partial charge in [-0.1, -0.05) is 17.3 Å². The Bertz CT molecular complexity index is 1110. The zero-order valence-corrected chi connectivity index (χ0v) is 17.6. The molecule has 9 heteroatoms. The first-order valence-electron chi connectivity index (χ1n) is 10.4. The Morgan fingerprint density at radius 3 is 2.75 bits per heavy atom. The van der Waals surface area contributed by atoms with E-state index in [-0.39, 0.29) is 23.7 Å². The molecule has 1 fully saturated rings. The summed E-state index contributed by atoms with van der Waals surface area (Å²) >= 11 is 0. The third-order valence-corrected chi connectivity index (χ3v) is 5.69. The molecule has 32 heavy (non-hydrogen) atoms. The van der Waals surface area contributed by atoms with Crippen LogP contribution in [0.5, 0.6) is 0 Å². The summed E-state index contributed by atoms with van der Waals surface area (Å²) in [6.07, 6.45) is 1.75. The van der Waals surface area contributed by atoms with Gasteiger partial charge in [0, 0.05) is 23.4 Å². The van der Waals surface area contributed by atoms with E-state index < -0.39 is 5.91 Å². The second-order valence-electron chi connectivity index (χ2n) is 7.91. The van der Waals surface area contributed by atoms with Crippen molar-refractivity contribution in [2.24, 2.45) is 5.73 Å². The predicted molar refractivity (Wildman–Crippen MR) is 116 cm³/mol. The van der Waals surface area contributed by atoms with Gasteiger partial charge in [-0.2, -0.15) is 4.98 Å². The first kappa shape index (κ1) is 21.6. The molecule has 166 valence electrons. The lowest BCUT2D eigenvalue weighted by molar-refractivity contribution is -0.121. The van der Waals surface area contributed by atoms with Crippen LogP contribution < -0.4 is 11.1 Å². The topological polar surface area (TPSA) is 114 Å². The van der Waals surface area contributed by atoms with Gasteiger partial charge in [-0.25, -0.2) is 4.39 Å². The van der Waals surface area contributed by atoms with Crippen LogP contribution in [0.1, 0.15) is 41.9 Å². The third-order valence-electron chi connectivity index (χ3n) is 5.69. The lowest BCUT2D eigenvalue weighted by atomic mass is 9.96. The predicted octanol–water partition coefficient (Wildman–Crippen LogP) is 3.18. The summed E-state index contributed by atoms with van der Waals surface area (Å²) in [5.74, 6) is -0.198. The van der Waals surface area contributed by atoms with Crippen LogP contribution in [0.15, 0.2) is 53.1 Å². The van der Waals surface area contributed by atoms with Crippen molar-refractivity contribution in [3.63, 3.8) is 0 Å². The number of nitrogens with two attached hydrogens (primary N) is 1. The van der Waals surface area contributed by atoms with Crippen LogP contribution in [-0.2, 0) is 4.79 Å². The molecule has 1 aliphatic rings. The average Bonchev–Trinajstić information content (AvgIpc) is 3.29. The molecule has 0 saturated carbocycles. The third kappa shape index (κ3) is 4.83. The largest absolute Gasteiger partial charge is 0.366 e. The zero-order valence-electron chi connectivity index (χ0n) is 17.6. The minimum Gasteiger partial charge on any atom is -0.366 e. The number of carbonyl (C=O) groups excluding carboxylic acids is 2. The van der Waals surface area contributed by atoms with E-state index in [4.69, 9.17) is 10.3 Å². The molecule has 2 aromatic carbocycles. The summed E-state index contributed by atoms with van der Waals surface area (Å²) in [7, 11) is 0. The Labute approximate surface area is 184 Å². The van der Waals surface area contributed by atoms with E-state index in [1.165, 1.54) is 12.1 Å². The summed E-state index contributed by atoms with van der Waals surface area (Å²) in [6.45, 7) is 3.22. The van der Waals surface area contributed by atoms with Crippen molar-refractivity contribution in [3.8, 4) is 11.4 Å². The lowest BCUT2D eigenvalue weighted by Gasteiger charge is -2.34. The second-order valence-corrected chi connectivity index (χ2v) is 7.91. The number of amides is 2. The Kier molecular flexibility index (Phi) is 6.27. The zero-order chi connectivity index (χ0) is 22.7. The number of piperidine rings is 1.